The van der Waals surface area contributed by atoms with Crippen LogP contribution in [0.2, 0.25) is 5.02 Å². The summed E-state index contributed by atoms with van der Waals surface area (Å²) >= 11 is 5.93. The molecule has 1 atom stereocenters. The molecule has 1 heterocycles. The molecule has 22 heavy (non-hydrogen) atoms. The molecule has 0 aliphatic carbocycles. The van der Waals surface area contributed by atoms with Crippen molar-refractivity contribution in [1.29, 1.82) is 0 Å². The van der Waals surface area contributed by atoms with Crippen molar-refractivity contribution in [2.45, 2.75) is 13.0 Å². The predicted molar refractivity (Wildman–Crippen MR) is 79.2 cm³/mol. The smallest absolute Gasteiger partial charge is 0.228 e. The van der Waals surface area contributed by atoms with Gasteiger partial charge in [-0.05, 0) is 19.1 Å². The number of hydrogen-bond acceptors (Lipinski definition) is 4. The van der Waals surface area contributed by atoms with Gasteiger partial charge in [0.05, 0.1) is 16.8 Å². The van der Waals surface area contributed by atoms with Crippen molar-refractivity contribution in [2.75, 3.05) is 11.9 Å². The van der Waals surface area contributed by atoms with Crippen LogP contribution in [0.4, 0.5) is 14.5 Å². The van der Waals surface area contributed by atoms with Crippen LogP contribution in [0.5, 0.6) is 0 Å². The van der Waals surface area contributed by atoms with E-state index in [4.69, 9.17) is 11.6 Å². The maximum atomic E-state index is 14.0. The van der Waals surface area contributed by atoms with Crippen molar-refractivity contribution < 1.29 is 18.7 Å². The molecule has 2 N–H and O–H groups in total. The molecule has 4 nitrogen and oxygen atoms in total. The van der Waals surface area contributed by atoms with Gasteiger partial charge in [0.25, 0.3) is 0 Å². The Labute approximate surface area is 130 Å². The van der Waals surface area contributed by atoms with E-state index in [9.17, 15) is 18.7 Å². The van der Waals surface area contributed by atoms with Crippen molar-refractivity contribution in [3.8, 4) is 0 Å². The number of aliphatic hydroxyl groups is 1. The second-order valence-corrected chi connectivity index (χ2v) is 5.10. The van der Waals surface area contributed by atoms with Gasteiger partial charge in [-0.2, -0.15) is 13.8 Å². The molecule has 116 valence electrons. The molecular formula is C15H13ClF2N2O2. The van der Waals surface area contributed by atoms with E-state index in [1.54, 1.807) is 12.1 Å². The summed E-state index contributed by atoms with van der Waals surface area (Å²) in [4.78, 5) is 15.5. The SMILES string of the molecule is CC(O)CNc1cc(F)nc(F)c1C(=O)c1ccccc1Cl. The van der Waals surface area contributed by atoms with Crippen molar-refractivity contribution in [3.05, 3.63) is 58.4 Å². The van der Waals surface area contributed by atoms with E-state index in [0.29, 0.717) is 0 Å². The summed E-state index contributed by atoms with van der Waals surface area (Å²) in [6, 6.07) is 7.04. The Morgan fingerprint density at radius 3 is 2.73 bits per heavy atom. The molecule has 0 spiro atoms. The number of hydrogen-bond donors (Lipinski definition) is 2. The van der Waals surface area contributed by atoms with Crippen molar-refractivity contribution in [1.82, 2.24) is 4.98 Å². The standard InChI is InChI=1S/C15H13ClF2N2O2/c1-8(21)7-19-11-6-12(17)20-15(18)13(11)14(22)9-4-2-3-5-10(9)16/h2-6,8,21H,7H2,1H3,(H,19,20). The van der Waals surface area contributed by atoms with Gasteiger partial charge in [0, 0.05) is 18.2 Å². The average Bonchev–Trinajstić information content (AvgIpc) is 2.44. The Kier molecular flexibility index (Phi) is 5.05. The molecule has 0 radical (unpaired) electrons. The zero-order chi connectivity index (χ0) is 16.3. The normalized spacial score (nSPS) is 12.0. The van der Waals surface area contributed by atoms with Crippen LogP contribution in [0.15, 0.2) is 30.3 Å². The van der Waals surface area contributed by atoms with E-state index in [2.05, 4.69) is 10.3 Å². The zero-order valence-corrected chi connectivity index (χ0v) is 12.4. The van der Waals surface area contributed by atoms with Gasteiger partial charge in [-0.1, -0.05) is 23.7 Å². The highest BCUT2D eigenvalue weighted by atomic mass is 35.5. The number of anilines is 1. The number of rotatable bonds is 5. The Hall–Kier alpha value is -2.05. The molecule has 0 bridgehead atoms. The Balaban J connectivity index is 2.49. The first kappa shape index (κ1) is 16.3. The highest BCUT2D eigenvalue weighted by Gasteiger charge is 2.23. The third kappa shape index (κ3) is 3.58. The lowest BCUT2D eigenvalue weighted by Gasteiger charge is -2.13. The van der Waals surface area contributed by atoms with Crippen LogP contribution in [0.25, 0.3) is 0 Å². The number of carbonyl (C=O) groups excluding carboxylic acids is 1. The third-order valence-electron chi connectivity index (χ3n) is 2.88. The largest absolute Gasteiger partial charge is 0.392 e. The molecule has 0 amide bonds. The number of carbonyl (C=O) groups is 1. The summed E-state index contributed by atoms with van der Waals surface area (Å²) in [5.41, 5.74) is -0.428. The van der Waals surface area contributed by atoms with Gasteiger partial charge in [0.1, 0.15) is 5.56 Å². The lowest BCUT2D eigenvalue weighted by molar-refractivity contribution is 0.103. The van der Waals surface area contributed by atoms with Crippen molar-refractivity contribution in [3.63, 3.8) is 0 Å². The van der Waals surface area contributed by atoms with Crippen LogP contribution in [-0.2, 0) is 0 Å². The summed E-state index contributed by atoms with van der Waals surface area (Å²) in [5.74, 6) is -3.02. The Morgan fingerprint density at radius 2 is 2.09 bits per heavy atom. The molecule has 0 aliphatic heterocycles. The molecule has 1 aromatic heterocycles. The van der Waals surface area contributed by atoms with Gasteiger partial charge in [-0.3, -0.25) is 4.79 Å². The summed E-state index contributed by atoms with van der Waals surface area (Å²) in [6.07, 6.45) is -0.762. The highest BCUT2D eigenvalue weighted by Crippen LogP contribution is 2.25. The van der Waals surface area contributed by atoms with Crippen LogP contribution in [-0.4, -0.2) is 28.5 Å². The van der Waals surface area contributed by atoms with Crippen LogP contribution in [0.1, 0.15) is 22.8 Å². The second kappa shape index (κ2) is 6.81. The van der Waals surface area contributed by atoms with E-state index in [1.165, 1.54) is 19.1 Å². The minimum absolute atomic E-state index is 0.0195. The molecule has 7 heteroatoms. The van der Waals surface area contributed by atoms with Gasteiger partial charge in [0.15, 0.2) is 0 Å². The van der Waals surface area contributed by atoms with Crippen LogP contribution in [0, 0.1) is 11.9 Å². The third-order valence-corrected chi connectivity index (χ3v) is 3.21. The lowest BCUT2D eigenvalue weighted by atomic mass is 10.0. The summed E-state index contributed by atoms with van der Waals surface area (Å²) in [5, 5.41) is 12.1. The van der Waals surface area contributed by atoms with Crippen LogP contribution >= 0.6 is 11.6 Å². The minimum atomic E-state index is -1.24. The fourth-order valence-corrected chi connectivity index (χ4v) is 2.10. The number of pyridine rings is 1. The molecular weight excluding hydrogens is 314 g/mol. The van der Waals surface area contributed by atoms with Gasteiger partial charge >= 0.3 is 0 Å². The summed E-state index contributed by atoms with van der Waals surface area (Å²) in [6.45, 7) is 1.52. The summed E-state index contributed by atoms with van der Waals surface area (Å²) < 4.78 is 27.3. The van der Waals surface area contributed by atoms with Gasteiger partial charge in [-0.15, -0.1) is 0 Å². The number of halogens is 3. The Bertz CT molecular complexity index is 708. The fourth-order valence-electron chi connectivity index (χ4n) is 1.88. The van der Waals surface area contributed by atoms with E-state index in [1.807, 2.05) is 0 Å². The monoisotopic (exact) mass is 326 g/mol. The number of aromatic nitrogens is 1. The first-order valence-corrected chi connectivity index (χ1v) is 6.85. The molecule has 1 unspecified atom stereocenters. The quantitative estimate of drug-likeness (QED) is 0.655. The molecule has 0 saturated carbocycles. The van der Waals surface area contributed by atoms with Crippen LogP contribution in [0.3, 0.4) is 0 Å². The number of nitrogens with zero attached hydrogens (tertiary/aromatic N) is 1. The summed E-state index contributed by atoms with van der Waals surface area (Å²) in [7, 11) is 0. The number of aliphatic hydroxyl groups excluding tert-OH is 1. The Morgan fingerprint density at radius 1 is 1.41 bits per heavy atom. The van der Waals surface area contributed by atoms with E-state index in [0.717, 1.165) is 6.07 Å². The van der Waals surface area contributed by atoms with Gasteiger partial charge in [-0.25, -0.2) is 0 Å². The molecule has 0 saturated heterocycles. The maximum Gasteiger partial charge on any atom is 0.228 e. The average molecular weight is 327 g/mol. The second-order valence-electron chi connectivity index (χ2n) is 4.70. The van der Waals surface area contributed by atoms with E-state index < -0.39 is 29.3 Å². The van der Waals surface area contributed by atoms with Crippen molar-refractivity contribution >= 4 is 23.1 Å². The first-order valence-electron chi connectivity index (χ1n) is 6.47. The molecule has 0 fully saturated rings. The number of benzene rings is 1. The fraction of sp³-hybridized carbons (Fsp3) is 0.200. The van der Waals surface area contributed by atoms with Crippen molar-refractivity contribution in [2.24, 2.45) is 0 Å². The topological polar surface area (TPSA) is 62.2 Å². The molecule has 1 aromatic carbocycles. The number of ketones is 1. The zero-order valence-electron chi connectivity index (χ0n) is 11.6. The first-order chi connectivity index (χ1) is 10.4. The molecule has 0 aliphatic rings. The highest BCUT2D eigenvalue weighted by molar-refractivity contribution is 6.35. The van der Waals surface area contributed by atoms with E-state index >= 15 is 0 Å². The van der Waals surface area contributed by atoms with Crippen LogP contribution < -0.4 is 5.32 Å². The molecule has 2 aromatic rings. The minimum Gasteiger partial charge on any atom is -0.392 e. The van der Waals surface area contributed by atoms with Gasteiger partial charge in [0.2, 0.25) is 17.7 Å². The van der Waals surface area contributed by atoms with E-state index in [-0.39, 0.29) is 22.8 Å². The maximum absolute atomic E-state index is 14.0. The predicted octanol–water partition coefficient (Wildman–Crippen LogP) is 3.04. The molecule has 2 rings (SSSR count). The lowest BCUT2D eigenvalue weighted by Crippen LogP contribution is -2.19. The number of nitrogens with one attached hydrogen (secondary N) is 1. The van der Waals surface area contributed by atoms with Gasteiger partial charge < -0.3 is 10.4 Å².